The standard InChI is InChI=1S/C35H54N8O9/c1-32(2,3)49-28(45)40(25-15-13-23(36)21-38-25)17-19-42(30(47)51-34(7,8)9)27(44)43(31(48)52-35(10,11)12)20-18-41(29(46)50-33(4,5)6)26-16-14-24(37)22-39-26/h13-16,21-22H,17-20,36-37H2,1-12H3. The van der Waals surface area contributed by atoms with Crippen LogP contribution >= 0.6 is 0 Å². The Morgan fingerprint density at radius 1 is 0.500 bits per heavy atom. The van der Waals surface area contributed by atoms with Crippen LogP contribution in [0.1, 0.15) is 83.1 Å². The van der Waals surface area contributed by atoms with E-state index < -0.39 is 65.9 Å². The molecule has 0 aliphatic carbocycles. The number of anilines is 4. The molecule has 0 bridgehead atoms. The quantitative estimate of drug-likeness (QED) is 0.281. The molecule has 0 aliphatic rings. The molecule has 0 unspecified atom stereocenters. The fourth-order valence-corrected chi connectivity index (χ4v) is 4.06. The molecule has 0 radical (unpaired) electrons. The van der Waals surface area contributed by atoms with E-state index in [1.54, 1.807) is 83.1 Å². The summed E-state index contributed by atoms with van der Waals surface area (Å²) < 4.78 is 22.3. The summed E-state index contributed by atoms with van der Waals surface area (Å²) in [5.74, 6) is 0.237. The zero-order valence-electron chi connectivity index (χ0n) is 32.3. The van der Waals surface area contributed by atoms with Gasteiger partial charge in [-0.25, -0.2) is 43.7 Å². The first-order valence-electron chi connectivity index (χ1n) is 16.6. The Hall–Kier alpha value is -5.35. The van der Waals surface area contributed by atoms with E-state index in [2.05, 4.69) is 9.97 Å². The van der Waals surface area contributed by atoms with E-state index in [9.17, 15) is 24.0 Å². The van der Waals surface area contributed by atoms with Crippen molar-refractivity contribution in [1.29, 1.82) is 0 Å². The maximum absolute atomic E-state index is 14.4. The van der Waals surface area contributed by atoms with Crippen molar-refractivity contribution >= 4 is 53.4 Å². The van der Waals surface area contributed by atoms with E-state index in [0.29, 0.717) is 21.2 Å². The molecule has 0 aliphatic heterocycles. The number of hydrogen-bond acceptors (Lipinski definition) is 13. The summed E-state index contributed by atoms with van der Waals surface area (Å²) >= 11 is 0. The lowest BCUT2D eigenvalue weighted by Crippen LogP contribution is -2.55. The van der Waals surface area contributed by atoms with E-state index in [1.807, 2.05) is 0 Å². The number of nitrogens with two attached hydrogens (primary N) is 2. The van der Waals surface area contributed by atoms with Gasteiger partial charge in [0.25, 0.3) is 0 Å². The van der Waals surface area contributed by atoms with E-state index in [0.717, 1.165) is 9.80 Å². The van der Waals surface area contributed by atoms with Gasteiger partial charge >= 0.3 is 30.4 Å². The first kappa shape index (κ1) is 42.8. The molecule has 52 heavy (non-hydrogen) atoms. The van der Waals surface area contributed by atoms with Crippen LogP contribution in [0.3, 0.4) is 0 Å². The maximum atomic E-state index is 14.4. The Labute approximate surface area is 305 Å². The van der Waals surface area contributed by atoms with Gasteiger partial charge in [-0.15, -0.1) is 0 Å². The predicted molar refractivity (Wildman–Crippen MR) is 196 cm³/mol. The molecule has 0 spiro atoms. The van der Waals surface area contributed by atoms with Crippen molar-refractivity contribution in [3.63, 3.8) is 0 Å². The minimum absolute atomic E-state index is 0.119. The SMILES string of the molecule is CC(C)(C)OC(=O)N(CCN(C(=O)OC(C)(C)C)c1ccc(N)cn1)C(=O)N(CCN(C(=O)OC(C)(C)C)c1ccc(N)cn1)C(=O)OC(C)(C)C. The highest BCUT2D eigenvalue weighted by Gasteiger charge is 2.38. The van der Waals surface area contributed by atoms with Gasteiger partial charge in [0.1, 0.15) is 34.0 Å². The number of carbonyl (C=O) groups is 5. The topological polar surface area (TPSA) is 213 Å². The van der Waals surface area contributed by atoms with Crippen molar-refractivity contribution < 1.29 is 42.9 Å². The minimum atomic E-state index is -1.16. The lowest BCUT2D eigenvalue weighted by atomic mass is 10.2. The largest absolute Gasteiger partial charge is 0.443 e. The van der Waals surface area contributed by atoms with E-state index in [1.165, 1.54) is 36.7 Å². The Morgan fingerprint density at radius 2 is 0.788 bits per heavy atom. The van der Waals surface area contributed by atoms with Crippen molar-refractivity contribution in [2.45, 2.75) is 105 Å². The minimum Gasteiger partial charge on any atom is -0.443 e. The molecule has 2 rings (SSSR count). The number of rotatable bonds is 8. The summed E-state index contributed by atoms with van der Waals surface area (Å²) in [5, 5.41) is 0. The maximum Gasteiger partial charge on any atom is 0.418 e. The van der Waals surface area contributed by atoms with Crippen molar-refractivity contribution in [3.8, 4) is 0 Å². The molecule has 17 nitrogen and oxygen atoms in total. The molecule has 288 valence electrons. The number of urea groups is 1. The van der Waals surface area contributed by atoms with E-state index in [4.69, 9.17) is 30.4 Å². The number of hydrogen-bond donors (Lipinski definition) is 2. The summed E-state index contributed by atoms with van der Waals surface area (Å²) in [7, 11) is 0. The highest BCUT2D eigenvalue weighted by Crippen LogP contribution is 2.21. The van der Waals surface area contributed by atoms with Crippen LogP contribution < -0.4 is 21.3 Å². The molecule has 0 fully saturated rings. The zero-order chi connectivity index (χ0) is 39.8. The summed E-state index contributed by atoms with van der Waals surface area (Å²) in [6.45, 7) is 18.0. The van der Waals surface area contributed by atoms with Gasteiger partial charge in [-0.05, 0) is 107 Å². The molecule has 4 N–H and O–H groups in total. The van der Waals surface area contributed by atoms with Crippen molar-refractivity contribution in [2.75, 3.05) is 47.4 Å². The molecule has 0 saturated carbocycles. The molecule has 2 aromatic rings. The average Bonchev–Trinajstić information content (AvgIpc) is 2.95. The Bertz CT molecular complexity index is 1440. The monoisotopic (exact) mass is 730 g/mol. The molecule has 2 heterocycles. The Kier molecular flexibility index (Phi) is 13.8. The van der Waals surface area contributed by atoms with Gasteiger partial charge in [-0.3, -0.25) is 9.80 Å². The smallest absolute Gasteiger partial charge is 0.418 e. The van der Waals surface area contributed by atoms with Crippen LogP contribution in [0.15, 0.2) is 36.7 Å². The van der Waals surface area contributed by atoms with Gasteiger partial charge in [0.15, 0.2) is 0 Å². The van der Waals surface area contributed by atoms with Crippen LogP contribution in [-0.4, -0.2) is 98.8 Å². The second-order valence-corrected chi connectivity index (χ2v) is 15.7. The molecule has 0 atom stereocenters. The third kappa shape index (κ3) is 14.5. The first-order chi connectivity index (χ1) is 23.7. The van der Waals surface area contributed by atoms with Gasteiger partial charge in [0.2, 0.25) is 0 Å². The van der Waals surface area contributed by atoms with Crippen molar-refractivity contribution in [2.24, 2.45) is 0 Å². The van der Waals surface area contributed by atoms with Crippen molar-refractivity contribution in [3.05, 3.63) is 36.7 Å². The zero-order valence-corrected chi connectivity index (χ0v) is 32.3. The molecule has 6 amide bonds. The lowest BCUT2D eigenvalue weighted by molar-refractivity contribution is 0.0181. The number of nitrogen functional groups attached to an aromatic ring is 2. The second-order valence-electron chi connectivity index (χ2n) is 15.7. The fraction of sp³-hybridized carbons (Fsp3) is 0.571. The molecule has 2 aromatic heterocycles. The summed E-state index contributed by atoms with van der Waals surface area (Å²) in [5.41, 5.74) is 8.35. The fourth-order valence-electron chi connectivity index (χ4n) is 4.06. The van der Waals surface area contributed by atoms with Crippen LogP contribution in [-0.2, 0) is 18.9 Å². The van der Waals surface area contributed by atoms with Crippen LogP contribution in [0.25, 0.3) is 0 Å². The van der Waals surface area contributed by atoms with Gasteiger partial charge < -0.3 is 30.4 Å². The number of imide groups is 2. The van der Waals surface area contributed by atoms with E-state index in [-0.39, 0.29) is 24.7 Å². The third-order valence-corrected chi connectivity index (χ3v) is 6.11. The normalized spacial score (nSPS) is 11.9. The van der Waals surface area contributed by atoms with Crippen LogP contribution in [0.2, 0.25) is 0 Å². The molecular formula is C35H54N8O9. The number of pyridine rings is 2. The highest BCUT2D eigenvalue weighted by molar-refractivity contribution is 5.99. The summed E-state index contributed by atoms with van der Waals surface area (Å²) in [6.07, 6.45) is -1.22. The Balaban J connectivity index is 2.60. The van der Waals surface area contributed by atoms with Crippen LogP contribution in [0.4, 0.5) is 47.0 Å². The number of nitrogens with zero attached hydrogens (tertiary/aromatic N) is 6. The average molecular weight is 731 g/mol. The number of carbonyl (C=O) groups excluding carboxylic acids is 5. The van der Waals surface area contributed by atoms with Crippen LogP contribution in [0.5, 0.6) is 0 Å². The molecular weight excluding hydrogens is 676 g/mol. The van der Waals surface area contributed by atoms with Crippen molar-refractivity contribution in [1.82, 2.24) is 19.8 Å². The van der Waals surface area contributed by atoms with E-state index >= 15 is 0 Å². The third-order valence-electron chi connectivity index (χ3n) is 6.11. The highest BCUT2D eigenvalue weighted by atomic mass is 16.6. The Morgan fingerprint density at radius 3 is 1.04 bits per heavy atom. The molecule has 0 saturated heterocycles. The van der Waals surface area contributed by atoms with Gasteiger partial charge in [0, 0.05) is 13.1 Å². The summed E-state index contributed by atoms with van der Waals surface area (Å²) in [6, 6.07) is 4.83. The molecule has 17 heteroatoms. The summed E-state index contributed by atoms with van der Waals surface area (Å²) in [4.78, 5) is 80.5. The number of aromatic nitrogens is 2. The first-order valence-corrected chi connectivity index (χ1v) is 16.6. The van der Waals surface area contributed by atoms with Gasteiger partial charge in [-0.2, -0.15) is 0 Å². The van der Waals surface area contributed by atoms with Gasteiger partial charge in [-0.1, -0.05) is 0 Å². The lowest BCUT2D eigenvalue weighted by Gasteiger charge is -2.34. The van der Waals surface area contributed by atoms with Crippen LogP contribution in [0, 0.1) is 0 Å². The van der Waals surface area contributed by atoms with Gasteiger partial charge in [0.05, 0.1) is 36.9 Å². The number of ether oxygens (including phenoxy) is 4. The number of amides is 6. The second kappa shape index (κ2) is 16.8. The predicted octanol–water partition coefficient (Wildman–Crippen LogP) is 6.42. The molecule has 0 aromatic carbocycles.